The van der Waals surface area contributed by atoms with Gasteiger partial charge in [0.05, 0.1) is 27.8 Å². The third-order valence-corrected chi connectivity index (χ3v) is 4.28. The first kappa shape index (κ1) is 17.7. The first-order valence-corrected chi connectivity index (χ1v) is 7.46. The van der Waals surface area contributed by atoms with E-state index in [4.69, 9.17) is 16.7 Å². The van der Waals surface area contributed by atoms with Crippen LogP contribution in [0.3, 0.4) is 0 Å². The number of sulfone groups is 1. The number of halogens is 4. The second kappa shape index (κ2) is 6.63. The molecule has 1 aromatic rings. The van der Waals surface area contributed by atoms with E-state index in [9.17, 15) is 26.4 Å². The maximum absolute atomic E-state index is 11.8. The number of rotatable bonds is 6. The molecule has 118 valence electrons. The standard InChI is InChI=1S/C11H10ClF3O5S/c12-9-5-7(1-2-8(9)10(16)17)21(18,19)4-3-20-6-11(13,14)15/h1-2,5H,3-4,6H2,(H,16,17). The fraction of sp³-hybridized carbons (Fsp3) is 0.364. The van der Waals surface area contributed by atoms with Crippen molar-refractivity contribution < 1.29 is 36.2 Å². The van der Waals surface area contributed by atoms with Gasteiger partial charge < -0.3 is 9.84 Å². The Bertz CT molecular complexity index is 627. The van der Waals surface area contributed by atoms with Gasteiger partial charge in [-0.25, -0.2) is 13.2 Å². The lowest BCUT2D eigenvalue weighted by Crippen LogP contribution is -2.20. The Morgan fingerprint density at radius 3 is 2.43 bits per heavy atom. The van der Waals surface area contributed by atoms with E-state index in [1.54, 1.807) is 0 Å². The van der Waals surface area contributed by atoms with Crippen LogP contribution in [-0.2, 0) is 14.6 Å². The summed E-state index contributed by atoms with van der Waals surface area (Å²) in [5, 5.41) is 8.47. The molecule has 10 heteroatoms. The first-order valence-electron chi connectivity index (χ1n) is 5.43. The summed E-state index contributed by atoms with van der Waals surface area (Å²) in [6.45, 7) is -2.18. The normalized spacial score (nSPS) is 12.4. The van der Waals surface area contributed by atoms with Crippen molar-refractivity contribution in [3.05, 3.63) is 28.8 Å². The fourth-order valence-corrected chi connectivity index (χ4v) is 2.81. The number of ether oxygens (including phenoxy) is 1. The van der Waals surface area contributed by atoms with Gasteiger partial charge in [-0.05, 0) is 18.2 Å². The number of alkyl halides is 3. The van der Waals surface area contributed by atoms with Crippen molar-refractivity contribution in [3.63, 3.8) is 0 Å². The molecule has 0 heterocycles. The van der Waals surface area contributed by atoms with E-state index in [1.807, 2.05) is 0 Å². The van der Waals surface area contributed by atoms with Crippen molar-refractivity contribution in [1.29, 1.82) is 0 Å². The van der Waals surface area contributed by atoms with Crippen LogP contribution in [0.1, 0.15) is 10.4 Å². The molecule has 0 amide bonds. The van der Waals surface area contributed by atoms with Gasteiger partial charge in [-0.2, -0.15) is 13.2 Å². The van der Waals surface area contributed by atoms with E-state index in [1.165, 1.54) is 0 Å². The van der Waals surface area contributed by atoms with Gasteiger partial charge in [0, 0.05) is 0 Å². The minimum Gasteiger partial charge on any atom is -0.478 e. The summed E-state index contributed by atoms with van der Waals surface area (Å²) in [5.41, 5.74) is -0.274. The third-order valence-electron chi connectivity index (χ3n) is 2.29. The smallest absolute Gasteiger partial charge is 0.411 e. The SMILES string of the molecule is O=C(O)c1ccc(S(=O)(=O)CCOCC(F)(F)F)cc1Cl. The Morgan fingerprint density at radius 2 is 1.95 bits per heavy atom. The van der Waals surface area contributed by atoms with E-state index in [-0.39, 0.29) is 15.5 Å². The van der Waals surface area contributed by atoms with E-state index in [0.29, 0.717) is 0 Å². The van der Waals surface area contributed by atoms with Crippen LogP contribution in [0.15, 0.2) is 23.1 Å². The topological polar surface area (TPSA) is 80.7 Å². The highest BCUT2D eigenvalue weighted by Gasteiger charge is 2.27. The number of carboxylic acid groups (broad SMARTS) is 1. The lowest BCUT2D eigenvalue weighted by atomic mass is 10.2. The van der Waals surface area contributed by atoms with Gasteiger partial charge >= 0.3 is 12.1 Å². The lowest BCUT2D eigenvalue weighted by Gasteiger charge is -2.09. The van der Waals surface area contributed by atoms with Crippen molar-refractivity contribution in [2.45, 2.75) is 11.1 Å². The Hall–Kier alpha value is -1.32. The molecule has 0 aromatic heterocycles. The maximum Gasteiger partial charge on any atom is 0.411 e. The van der Waals surface area contributed by atoms with E-state index < -0.39 is 40.9 Å². The molecule has 0 aliphatic rings. The Kier molecular flexibility index (Phi) is 5.60. The van der Waals surface area contributed by atoms with Gasteiger partial charge in [-0.1, -0.05) is 11.6 Å². The molecule has 5 nitrogen and oxygen atoms in total. The van der Waals surface area contributed by atoms with Crippen molar-refractivity contribution in [3.8, 4) is 0 Å². The van der Waals surface area contributed by atoms with E-state index >= 15 is 0 Å². The largest absolute Gasteiger partial charge is 0.478 e. The molecule has 0 spiro atoms. The summed E-state index contributed by atoms with van der Waals surface area (Å²) in [7, 11) is -3.91. The van der Waals surface area contributed by atoms with Crippen LogP contribution in [0.4, 0.5) is 13.2 Å². The number of carboxylic acids is 1. The van der Waals surface area contributed by atoms with E-state index in [0.717, 1.165) is 18.2 Å². The van der Waals surface area contributed by atoms with Crippen molar-refractivity contribution in [2.75, 3.05) is 19.0 Å². The monoisotopic (exact) mass is 346 g/mol. The molecule has 1 aromatic carbocycles. The Balaban J connectivity index is 2.75. The van der Waals surface area contributed by atoms with Crippen molar-refractivity contribution in [2.24, 2.45) is 0 Å². The van der Waals surface area contributed by atoms with E-state index in [2.05, 4.69) is 4.74 Å². The summed E-state index contributed by atoms with van der Waals surface area (Å²) in [6.07, 6.45) is -4.53. The second-order valence-corrected chi connectivity index (χ2v) is 6.45. The zero-order valence-electron chi connectivity index (χ0n) is 10.4. The van der Waals surface area contributed by atoms with Crippen LogP contribution >= 0.6 is 11.6 Å². The predicted octanol–water partition coefficient (Wildman–Crippen LogP) is 2.39. The lowest BCUT2D eigenvalue weighted by molar-refractivity contribution is -0.172. The van der Waals surface area contributed by atoms with Gasteiger partial charge in [-0.3, -0.25) is 0 Å². The number of hydrogen-bond acceptors (Lipinski definition) is 4. The minimum atomic E-state index is -4.53. The highest BCUT2D eigenvalue weighted by atomic mass is 35.5. The molecular formula is C11H10ClF3O5S. The van der Waals surface area contributed by atoms with Crippen molar-refractivity contribution in [1.82, 2.24) is 0 Å². The second-order valence-electron chi connectivity index (χ2n) is 3.93. The molecule has 0 aliphatic heterocycles. The van der Waals surface area contributed by atoms with Crippen LogP contribution in [-0.4, -0.2) is 44.6 Å². The van der Waals surface area contributed by atoms with Crippen molar-refractivity contribution >= 4 is 27.4 Å². The average Bonchev–Trinajstić information content (AvgIpc) is 2.33. The van der Waals surface area contributed by atoms with Gasteiger partial charge in [0.15, 0.2) is 9.84 Å². The molecule has 1 rings (SSSR count). The molecule has 1 N–H and O–H groups in total. The molecule has 0 fully saturated rings. The number of carbonyl (C=O) groups is 1. The Morgan fingerprint density at radius 1 is 1.33 bits per heavy atom. The minimum absolute atomic E-state index is 0.274. The summed E-state index contributed by atoms with van der Waals surface area (Å²) < 4.78 is 63.3. The summed E-state index contributed by atoms with van der Waals surface area (Å²) >= 11 is 5.63. The van der Waals surface area contributed by atoms with Gasteiger partial charge in [0.25, 0.3) is 0 Å². The van der Waals surface area contributed by atoms with Crippen LogP contribution in [0.25, 0.3) is 0 Å². The molecule has 0 saturated carbocycles. The first-order chi connectivity index (χ1) is 9.53. The molecule has 0 saturated heterocycles. The number of hydrogen-bond donors (Lipinski definition) is 1. The van der Waals surface area contributed by atoms with Crippen LogP contribution < -0.4 is 0 Å². The average molecular weight is 347 g/mol. The molecule has 0 aliphatic carbocycles. The quantitative estimate of drug-likeness (QED) is 0.800. The summed E-state index contributed by atoms with van der Waals surface area (Å²) in [6, 6.07) is 2.96. The molecule has 21 heavy (non-hydrogen) atoms. The van der Waals surface area contributed by atoms with Crippen LogP contribution in [0, 0.1) is 0 Å². The third kappa shape index (κ3) is 5.52. The summed E-state index contributed by atoms with van der Waals surface area (Å²) in [5.74, 6) is -2.00. The molecule has 0 atom stereocenters. The van der Waals surface area contributed by atoms with Gasteiger partial charge in [-0.15, -0.1) is 0 Å². The fourth-order valence-electron chi connectivity index (χ4n) is 1.34. The molecule has 0 bridgehead atoms. The number of aromatic carboxylic acids is 1. The zero-order chi connectivity index (χ0) is 16.3. The van der Waals surface area contributed by atoms with Gasteiger partial charge in [0.1, 0.15) is 6.61 Å². The predicted molar refractivity (Wildman–Crippen MR) is 67.3 cm³/mol. The maximum atomic E-state index is 11.8. The highest BCUT2D eigenvalue weighted by molar-refractivity contribution is 7.91. The molecule has 0 radical (unpaired) electrons. The van der Waals surface area contributed by atoms with Crippen LogP contribution in [0.2, 0.25) is 5.02 Å². The molecular weight excluding hydrogens is 337 g/mol. The number of benzene rings is 1. The van der Waals surface area contributed by atoms with Crippen LogP contribution in [0.5, 0.6) is 0 Å². The highest BCUT2D eigenvalue weighted by Crippen LogP contribution is 2.22. The molecule has 0 unspecified atom stereocenters. The Labute approximate surface area is 123 Å². The summed E-state index contributed by atoms with van der Waals surface area (Å²) in [4.78, 5) is 10.4. The zero-order valence-corrected chi connectivity index (χ0v) is 11.9. The van der Waals surface area contributed by atoms with Gasteiger partial charge in [0.2, 0.25) is 0 Å².